The zero-order chi connectivity index (χ0) is 15.1. The number of hydrogen-bond acceptors (Lipinski definition) is 4. The molecule has 120 valence electrons. The summed E-state index contributed by atoms with van der Waals surface area (Å²) in [5, 5.41) is 10.5. The Labute approximate surface area is 147 Å². The number of nitrogens with one attached hydrogen (secondary N) is 2. The maximum atomic E-state index is 5.15. The first-order chi connectivity index (χ1) is 10.2. The molecule has 2 N–H and O–H groups in total. The Balaban J connectivity index is 0.00000242. The van der Waals surface area contributed by atoms with Gasteiger partial charge in [0, 0.05) is 25.4 Å². The molecule has 0 aliphatic heterocycles. The minimum atomic E-state index is 0. The number of rotatable bonds is 5. The van der Waals surface area contributed by atoms with Gasteiger partial charge in [0.1, 0.15) is 5.76 Å². The highest BCUT2D eigenvalue weighted by Gasteiger charge is 2.08. The van der Waals surface area contributed by atoms with Crippen LogP contribution in [0.25, 0.3) is 0 Å². The van der Waals surface area contributed by atoms with E-state index >= 15 is 0 Å². The van der Waals surface area contributed by atoms with Crippen LogP contribution in [0.15, 0.2) is 33.9 Å². The van der Waals surface area contributed by atoms with Gasteiger partial charge in [0.25, 0.3) is 0 Å². The van der Waals surface area contributed by atoms with E-state index in [0.717, 1.165) is 41.6 Å². The number of halogens is 1. The summed E-state index contributed by atoms with van der Waals surface area (Å²) < 4.78 is 5.15. The van der Waals surface area contributed by atoms with Crippen molar-refractivity contribution in [3.8, 4) is 0 Å². The van der Waals surface area contributed by atoms with Gasteiger partial charge in [0.15, 0.2) is 5.96 Å². The molecule has 22 heavy (non-hydrogen) atoms. The van der Waals surface area contributed by atoms with Crippen LogP contribution in [-0.2, 0) is 13.0 Å². The topological polar surface area (TPSA) is 75.3 Å². The van der Waals surface area contributed by atoms with E-state index < -0.39 is 0 Å². The molecule has 2 heterocycles. The van der Waals surface area contributed by atoms with Crippen LogP contribution >= 0.6 is 24.0 Å². The smallest absolute Gasteiger partial charge is 0.191 e. The molecule has 0 radical (unpaired) electrons. The number of guanidine groups is 1. The molecule has 0 unspecified atom stereocenters. The predicted molar refractivity (Wildman–Crippen MR) is 97.5 cm³/mol. The average molecular weight is 415 g/mol. The van der Waals surface area contributed by atoms with E-state index in [-0.39, 0.29) is 24.0 Å². The van der Waals surface area contributed by atoms with Crippen LogP contribution in [0.3, 0.4) is 0 Å². The molecule has 2 aromatic rings. The monoisotopic (exact) mass is 415 g/mol. The zero-order valence-electron chi connectivity index (χ0n) is 13.1. The Kier molecular flexibility index (Phi) is 7.86. The van der Waals surface area contributed by atoms with E-state index in [1.807, 2.05) is 32.0 Å². The molecule has 0 amide bonds. The highest BCUT2D eigenvalue weighted by molar-refractivity contribution is 14.0. The lowest BCUT2D eigenvalue weighted by Crippen LogP contribution is -2.38. The lowest BCUT2D eigenvalue weighted by Gasteiger charge is -2.11. The van der Waals surface area contributed by atoms with Crippen molar-refractivity contribution < 1.29 is 4.52 Å². The van der Waals surface area contributed by atoms with Crippen LogP contribution in [0.4, 0.5) is 0 Å². The number of aromatic nitrogens is 2. The molecule has 0 aliphatic carbocycles. The number of aliphatic imine (C=N–C) groups is 1. The number of aryl methyl sites for hydroxylation is 2. The van der Waals surface area contributed by atoms with E-state index in [9.17, 15) is 0 Å². The Morgan fingerprint density at radius 1 is 1.27 bits per heavy atom. The standard InChI is InChI=1S/C15H21N5O.HI/c1-11-14(12(2)21-20-11)7-9-18-15(16-3)19-10-13-6-4-5-8-17-13;/h4-6,8H,7,9-10H2,1-3H3,(H2,16,18,19);1H. The summed E-state index contributed by atoms with van der Waals surface area (Å²) in [6.07, 6.45) is 2.64. The van der Waals surface area contributed by atoms with Gasteiger partial charge in [-0.25, -0.2) is 0 Å². The molecule has 0 aliphatic rings. The predicted octanol–water partition coefficient (Wildman–Crippen LogP) is 2.21. The fraction of sp³-hybridized carbons (Fsp3) is 0.400. The Bertz CT molecular complexity index is 578. The van der Waals surface area contributed by atoms with Crippen LogP contribution in [0, 0.1) is 13.8 Å². The Hall–Kier alpha value is -1.64. The highest BCUT2D eigenvalue weighted by Crippen LogP contribution is 2.11. The van der Waals surface area contributed by atoms with Gasteiger partial charge in [-0.05, 0) is 32.4 Å². The Morgan fingerprint density at radius 2 is 2.09 bits per heavy atom. The third-order valence-electron chi connectivity index (χ3n) is 3.24. The van der Waals surface area contributed by atoms with E-state index in [0.29, 0.717) is 6.54 Å². The lowest BCUT2D eigenvalue weighted by atomic mass is 10.1. The van der Waals surface area contributed by atoms with Crippen LogP contribution in [-0.4, -0.2) is 29.7 Å². The van der Waals surface area contributed by atoms with Crippen molar-refractivity contribution in [3.05, 3.63) is 47.1 Å². The van der Waals surface area contributed by atoms with Crippen molar-refractivity contribution in [2.75, 3.05) is 13.6 Å². The average Bonchev–Trinajstić information content (AvgIpc) is 2.83. The van der Waals surface area contributed by atoms with Crippen LogP contribution in [0.2, 0.25) is 0 Å². The van der Waals surface area contributed by atoms with Gasteiger partial charge < -0.3 is 15.2 Å². The van der Waals surface area contributed by atoms with Crippen molar-refractivity contribution in [1.82, 2.24) is 20.8 Å². The molecule has 0 bridgehead atoms. The highest BCUT2D eigenvalue weighted by atomic mass is 127. The van der Waals surface area contributed by atoms with Gasteiger partial charge in [0.2, 0.25) is 0 Å². The van der Waals surface area contributed by atoms with Crippen molar-refractivity contribution in [1.29, 1.82) is 0 Å². The van der Waals surface area contributed by atoms with Crippen LogP contribution < -0.4 is 10.6 Å². The van der Waals surface area contributed by atoms with Gasteiger partial charge in [-0.3, -0.25) is 9.98 Å². The molecular weight excluding hydrogens is 393 g/mol. The molecule has 2 aromatic heterocycles. The van der Waals surface area contributed by atoms with Crippen molar-refractivity contribution >= 4 is 29.9 Å². The third-order valence-corrected chi connectivity index (χ3v) is 3.24. The number of pyridine rings is 1. The maximum absolute atomic E-state index is 5.15. The summed E-state index contributed by atoms with van der Waals surface area (Å²) in [5.41, 5.74) is 3.08. The molecule has 0 saturated carbocycles. The molecule has 0 atom stereocenters. The molecule has 0 fully saturated rings. The second kappa shape index (κ2) is 9.39. The fourth-order valence-electron chi connectivity index (χ4n) is 2.06. The molecule has 6 nitrogen and oxygen atoms in total. The molecule has 0 spiro atoms. The number of hydrogen-bond donors (Lipinski definition) is 2. The third kappa shape index (κ3) is 5.28. The van der Waals surface area contributed by atoms with E-state index in [4.69, 9.17) is 4.52 Å². The van der Waals surface area contributed by atoms with Crippen LogP contribution in [0.5, 0.6) is 0 Å². The van der Waals surface area contributed by atoms with Crippen molar-refractivity contribution in [2.24, 2.45) is 4.99 Å². The van der Waals surface area contributed by atoms with E-state index in [1.165, 1.54) is 0 Å². The SMILES string of the molecule is CN=C(NCCc1c(C)noc1C)NCc1ccccn1.I. The van der Waals surface area contributed by atoms with Gasteiger partial charge in [-0.15, -0.1) is 24.0 Å². The van der Waals surface area contributed by atoms with Crippen molar-refractivity contribution in [2.45, 2.75) is 26.8 Å². The summed E-state index contributed by atoms with van der Waals surface area (Å²) in [4.78, 5) is 8.46. The molecule has 7 heteroatoms. The fourth-order valence-corrected chi connectivity index (χ4v) is 2.06. The largest absolute Gasteiger partial charge is 0.361 e. The first kappa shape index (κ1) is 18.4. The van der Waals surface area contributed by atoms with Gasteiger partial charge in [-0.2, -0.15) is 0 Å². The first-order valence-corrected chi connectivity index (χ1v) is 6.97. The molecule has 0 aromatic carbocycles. The zero-order valence-corrected chi connectivity index (χ0v) is 15.4. The lowest BCUT2D eigenvalue weighted by molar-refractivity contribution is 0.392. The first-order valence-electron chi connectivity index (χ1n) is 6.97. The maximum Gasteiger partial charge on any atom is 0.191 e. The van der Waals surface area contributed by atoms with Gasteiger partial charge in [0.05, 0.1) is 17.9 Å². The summed E-state index contributed by atoms with van der Waals surface area (Å²) in [7, 11) is 1.75. The van der Waals surface area contributed by atoms with Gasteiger partial charge >= 0.3 is 0 Å². The minimum absolute atomic E-state index is 0. The van der Waals surface area contributed by atoms with Crippen LogP contribution in [0.1, 0.15) is 22.7 Å². The number of nitrogens with zero attached hydrogens (tertiary/aromatic N) is 3. The Morgan fingerprint density at radius 3 is 2.68 bits per heavy atom. The normalized spacial score (nSPS) is 11.0. The minimum Gasteiger partial charge on any atom is -0.361 e. The van der Waals surface area contributed by atoms with E-state index in [2.05, 4.69) is 25.8 Å². The molecular formula is C15H22IN5O. The quantitative estimate of drug-likeness (QED) is 0.445. The van der Waals surface area contributed by atoms with E-state index in [1.54, 1.807) is 13.2 Å². The van der Waals surface area contributed by atoms with Gasteiger partial charge in [-0.1, -0.05) is 11.2 Å². The summed E-state index contributed by atoms with van der Waals surface area (Å²) in [6.45, 7) is 5.31. The summed E-state index contributed by atoms with van der Waals surface area (Å²) >= 11 is 0. The molecule has 0 saturated heterocycles. The summed E-state index contributed by atoms with van der Waals surface area (Å²) in [5.74, 6) is 1.64. The second-order valence-electron chi connectivity index (χ2n) is 4.73. The van der Waals surface area contributed by atoms with Crippen molar-refractivity contribution in [3.63, 3.8) is 0 Å². The second-order valence-corrected chi connectivity index (χ2v) is 4.73. The summed E-state index contributed by atoms with van der Waals surface area (Å²) in [6, 6.07) is 5.85. The molecule has 2 rings (SSSR count).